The summed E-state index contributed by atoms with van der Waals surface area (Å²) in [6, 6.07) is 0. The molecule has 0 rings (SSSR count). The van der Waals surface area contributed by atoms with E-state index in [2.05, 4.69) is 4.74 Å². The van der Waals surface area contributed by atoms with Crippen molar-refractivity contribution in [2.45, 2.75) is 45.6 Å². The van der Waals surface area contributed by atoms with Gasteiger partial charge in [-0.1, -0.05) is 0 Å². The molecular weight excluding hydrogens is 200 g/mol. The number of aliphatic hydroxyl groups is 1. The summed E-state index contributed by atoms with van der Waals surface area (Å²) < 4.78 is 4.41. The average Bonchev–Trinajstić information content (AvgIpc) is 2.11. The lowest BCUT2D eigenvalue weighted by Gasteiger charge is -2.03. The van der Waals surface area contributed by atoms with Crippen LogP contribution in [0.3, 0.4) is 0 Å². The zero-order valence-corrected chi connectivity index (χ0v) is 8.99. The number of hydrogen-bond acceptors (Lipinski definition) is 5. The predicted molar refractivity (Wildman–Crippen MR) is 51.9 cm³/mol. The van der Waals surface area contributed by atoms with Crippen molar-refractivity contribution in [2.75, 3.05) is 0 Å². The first-order valence-corrected chi connectivity index (χ1v) is 4.83. The molecule has 1 unspecified atom stereocenters. The van der Waals surface area contributed by atoms with E-state index in [4.69, 9.17) is 5.11 Å². The normalized spacial score (nSPS) is 11.9. The molecule has 0 radical (unpaired) electrons. The molecule has 0 bridgehead atoms. The maximum absolute atomic E-state index is 11.0. The highest BCUT2D eigenvalue weighted by molar-refractivity contribution is 5.87. The van der Waals surface area contributed by atoms with E-state index in [1.54, 1.807) is 6.92 Å². The minimum atomic E-state index is -0.694. The molecule has 0 aromatic rings. The lowest BCUT2D eigenvalue weighted by molar-refractivity contribution is -0.160. The number of esters is 2. The molecule has 0 aliphatic heterocycles. The summed E-state index contributed by atoms with van der Waals surface area (Å²) in [4.78, 5) is 32.4. The third-order valence-electron chi connectivity index (χ3n) is 1.68. The predicted octanol–water partition coefficient (Wildman–Crippen LogP) is 0.586. The van der Waals surface area contributed by atoms with Gasteiger partial charge in [0.15, 0.2) is 0 Å². The van der Waals surface area contributed by atoms with Gasteiger partial charge < -0.3 is 14.6 Å². The summed E-state index contributed by atoms with van der Waals surface area (Å²) in [6.07, 6.45) is -0.314. The van der Waals surface area contributed by atoms with Crippen molar-refractivity contribution in [3.63, 3.8) is 0 Å². The van der Waals surface area contributed by atoms with Gasteiger partial charge in [0.1, 0.15) is 5.78 Å². The highest BCUT2D eigenvalue weighted by Crippen LogP contribution is 2.00. The van der Waals surface area contributed by atoms with Crippen LogP contribution in [0.25, 0.3) is 0 Å². The molecule has 0 amide bonds. The fourth-order valence-electron chi connectivity index (χ4n) is 0.834. The molecule has 0 aromatic heterocycles. The first kappa shape index (κ1) is 13.8. The number of carbonyl (C=O) groups is 3. The van der Waals surface area contributed by atoms with E-state index in [0.29, 0.717) is 0 Å². The van der Waals surface area contributed by atoms with Crippen LogP contribution < -0.4 is 0 Å². The van der Waals surface area contributed by atoms with Crippen LogP contribution in [0.2, 0.25) is 0 Å². The zero-order chi connectivity index (χ0) is 11.8. The summed E-state index contributed by atoms with van der Waals surface area (Å²) in [6.45, 7) is 2.91. The first-order valence-electron chi connectivity index (χ1n) is 4.83. The van der Waals surface area contributed by atoms with Crippen LogP contribution in [0.5, 0.6) is 0 Å². The van der Waals surface area contributed by atoms with Gasteiger partial charge in [-0.05, 0) is 20.3 Å². The third-order valence-corrected chi connectivity index (χ3v) is 1.68. The van der Waals surface area contributed by atoms with Crippen molar-refractivity contribution >= 4 is 17.7 Å². The van der Waals surface area contributed by atoms with Gasteiger partial charge >= 0.3 is 11.9 Å². The fraction of sp³-hybridized carbons (Fsp3) is 0.700. The number of Topliss-reactive ketones (excluding diaryl/α,β-unsaturated/α-hetero) is 1. The van der Waals surface area contributed by atoms with E-state index in [9.17, 15) is 14.4 Å². The van der Waals surface area contributed by atoms with E-state index < -0.39 is 18.0 Å². The van der Waals surface area contributed by atoms with Gasteiger partial charge in [0, 0.05) is 12.8 Å². The highest BCUT2D eigenvalue weighted by Gasteiger charge is 2.11. The van der Waals surface area contributed by atoms with Crippen LogP contribution in [-0.4, -0.2) is 28.9 Å². The summed E-state index contributed by atoms with van der Waals surface area (Å²) in [5.41, 5.74) is 0. The second-order valence-corrected chi connectivity index (χ2v) is 3.44. The lowest BCUT2D eigenvalue weighted by Crippen LogP contribution is -2.14. The molecule has 0 spiro atoms. The number of hydrogen-bond donors (Lipinski definition) is 1. The maximum Gasteiger partial charge on any atom is 0.313 e. The van der Waals surface area contributed by atoms with Crippen LogP contribution in [0.1, 0.15) is 39.5 Å². The number of ketones is 1. The smallest absolute Gasteiger partial charge is 0.313 e. The van der Waals surface area contributed by atoms with E-state index in [1.165, 1.54) is 6.92 Å². The standard InChI is InChI=1S/C10H16O5/c1-7(11)3-5-9(13)15-10(14)6-4-8(2)12/h7,11H,3-6H2,1-2H3. The van der Waals surface area contributed by atoms with Gasteiger partial charge in [0.25, 0.3) is 0 Å². The van der Waals surface area contributed by atoms with E-state index in [1.807, 2.05) is 0 Å². The van der Waals surface area contributed by atoms with Crippen LogP contribution in [0.15, 0.2) is 0 Å². The molecule has 1 N–H and O–H groups in total. The maximum atomic E-state index is 11.0. The topological polar surface area (TPSA) is 80.7 Å². The Hall–Kier alpha value is -1.23. The zero-order valence-electron chi connectivity index (χ0n) is 8.99. The fourth-order valence-corrected chi connectivity index (χ4v) is 0.834. The van der Waals surface area contributed by atoms with E-state index in [0.717, 1.165) is 0 Å². The quantitative estimate of drug-likeness (QED) is 0.519. The van der Waals surface area contributed by atoms with Gasteiger partial charge in [-0.3, -0.25) is 9.59 Å². The average molecular weight is 216 g/mol. The molecule has 5 nitrogen and oxygen atoms in total. The third kappa shape index (κ3) is 9.08. The van der Waals surface area contributed by atoms with Crippen LogP contribution in [0, 0.1) is 0 Å². The largest absolute Gasteiger partial charge is 0.393 e. The summed E-state index contributed by atoms with van der Waals surface area (Å²) in [7, 11) is 0. The molecule has 0 fully saturated rings. The lowest BCUT2D eigenvalue weighted by atomic mass is 10.2. The van der Waals surface area contributed by atoms with Crippen LogP contribution in [-0.2, 0) is 19.1 Å². The van der Waals surface area contributed by atoms with Crippen molar-refractivity contribution in [1.82, 2.24) is 0 Å². The minimum absolute atomic E-state index is 0.00345. The summed E-state index contributed by atoms with van der Waals surface area (Å²) in [5, 5.41) is 8.87. The number of ether oxygens (including phenoxy) is 1. The molecule has 5 heteroatoms. The van der Waals surface area contributed by atoms with Crippen molar-refractivity contribution in [3.05, 3.63) is 0 Å². The van der Waals surface area contributed by atoms with Crippen LogP contribution in [0.4, 0.5) is 0 Å². The molecule has 0 aliphatic carbocycles. The Kier molecular flexibility index (Phi) is 6.53. The first-order chi connectivity index (χ1) is 6.91. The van der Waals surface area contributed by atoms with Gasteiger partial charge in [-0.15, -0.1) is 0 Å². The minimum Gasteiger partial charge on any atom is -0.393 e. The Bertz CT molecular complexity index is 244. The molecule has 0 heterocycles. The molecule has 86 valence electrons. The Morgan fingerprint density at radius 3 is 2.13 bits per heavy atom. The Labute approximate surface area is 88.4 Å². The number of carbonyl (C=O) groups excluding carboxylic acids is 3. The van der Waals surface area contributed by atoms with Crippen molar-refractivity contribution in [2.24, 2.45) is 0 Å². The molecule has 0 aliphatic rings. The van der Waals surface area contributed by atoms with Gasteiger partial charge in [0.2, 0.25) is 0 Å². The Morgan fingerprint density at radius 1 is 1.13 bits per heavy atom. The summed E-state index contributed by atoms with van der Waals surface area (Å²) >= 11 is 0. The van der Waals surface area contributed by atoms with Crippen LogP contribution >= 0.6 is 0 Å². The highest BCUT2D eigenvalue weighted by atomic mass is 16.6. The summed E-state index contributed by atoms with van der Waals surface area (Å²) in [5.74, 6) is -1.48. The SMILES string of the molecule is CC(=O)CCC(=O)OC(=O)CCC(C)O. The van der Waals surface area contributed by atoms with Gasteiger partial charge in [0.05, 0.1) is 12.5 Å². The molecule has 0 aromatic carbocycles. The molecular formula is C10H16O5. The monoisotopic (exact) mass is 216 g/mol. The van der Waals surface area contributed by atoms with Crippen molar-refractivity contribution in [1.29, 1.82) is 0 Å². The van der Waals surface area contributed by atoms with Gasteiger partial charge in [-0.2, -0.15) is 0 Å². The number of rotatable bonds is 6. The number of aliphatic hydroxyl groups excluding tert-OH is 1. The second kappa shape index (κ2) is 7.11. The van der Waals surface area contributed by atoms with E-state index in [-0.39, 0.29) is 31.5 Å². The van der Waals surface area contributed by atoms with Gasteiger partial charge in [-0.25, -0.2) is 0 Å². The molecule has 1 atom stereocenters. The van der Waals surface area contributed by atoms with Crippen molar-refractivity contribution in [3.8, 4) is 0 Å². The van der Waals surface area contributed by atoms with E-state index >= 15 is 0 Å². The molecule has 15 heavy (non-hydrogen) atoms. The second-order valence-electron chi connectivity index (χ2n) is 3.44. The Morgan fingerprint density at radius 2 is 1.67 bits per heavy atom. The molecule has 0 saturated carbocycles. The Balaban J connectivity index is 3.67. The van der Waals surface area contributed by atoms with Crippen molar-refractivity contribution < 1.29 is 24.2 Å². The molecule has 0 saturated heterocycles.